The maximum atomic E-state index is 13.4. The van der Waals surface area contributed by atoms with Crippen LogP contribution in [-0.4, -0.2) is 103 Å². The molecule has 43 heavy (non-hydrogen) atoms. The summed E-state index contributed by atoms with van der Waals surface area (Å²) < 4.78 is 32.1. The molecule has 1 unspecified atom stereocenters. The van der Waals surface area contributed by atoms with Crippen molar-refractivity contribution >= 4 is 29.6 Å². The van der Waals surface area contributed by atoms with Gasteiger partial charge < -0.3 is 43.5 Å². The van der Waals surface area contributed by atoms with Crippen LogP contribution in [0.4, 0.5) is 5.69 Å². The second kappa shape index (κ2) is 14.7. The van der Waals surface area contributed by atoms with Gasteiger partial charge in [0.15, 0.2) is 12.4 Å². The Bertz CT molecular complexity index is 1180. The predicted octanol–water partition coefficient (Wildman–Crippen LogP) is 0.656. The van der Waals surface area contributed by atoms with Crippen molar-refractivity contribution in [2.45, 2.75) is 82.7 Å². The van der Waals surface area contributed by atoms with E-state index in [-0.39, 0.29) is 32.2 Å². The molecule has 0 bridgehead atoms. The number of hydrogen-bond acceptors (Lipinski definition) is 13. The zero-order valence-electron chi connectivity index (χ0n) is 24.8. The van der Waals surface area contributed by atoms with E-state index in [0.29, 0.717) is 18.5 Å². The summed E-state index contributed by atoms with van der Waals surface area (Å²) in [6.45, 7) is 5.97. The van der Waals surface area contributed by atoms with Crippen LogP contribution in [0.25, 0.3) is 0 Å². The molecule has 13 nitrogen and oxygen atoms in total. The Kier molecular flexibility index (Phi) is 11.5. The van der Waals surface area contributed by atoms with E-state index >= 15 is 0 Å². The van der Waals surface area contributed by atoms with E-state index in [1.165, 1.54) is 0 Å². The number of terminal acetylenes is 1. The van der Waals surface area contributed by atoms with Gasteiger partial charge in [-0.15, -0.1) is 6.42 Å². The number of rotatable bonds is 13. The number of aliphatic hydroxyl groups is 2. The van der Waals surface area contributed by atoms with Gasteiger partial charge in [0.1, 0.15) is 12.1 Å². The monoisotopic (exact) mass is 605 g/mol. The molecule has 0 aliphatic carbocycles. The van der Waals surface area contributed by atoms with Crippen molar-refractivity contribution in [1.29, 1.82) is 0 Å². The third-order valence-electron chi connectivity index (χ3n) is 7.25. The van der Waals surface area contributed by atoms with Crippen LogP contribution in [-0.2, 0) is 54.0 Å². The first-order chi connectivity index (χ1) is 20.5. The largest absolute Gasteiger partial charge is 0.464 e. The lowest BCUT2D eigenvalue weighted by molar-refractivity contribution is -0.202. The van der Waals surface area contributed by atoms with Gasteiger partial charge in [-0.3, -0.25) is 4.79 Å². The Morgan fingerprint density at radius 3 is 2.19 bits per heavy atom. The summed E-state index contributed by atoms with van der Waals surface area (Å²) in [5, 5.41) is 20.7. The summed E-state index contributed by atoms with van der Waals surface area (Å²) >= 11 is 0. The minimum absolute atomic E-state index is 0.0917. The van der Waals surface area contributed by atoms with Gasteiger partial charge in [-0.1, -0.05) is 18.1 Å². The summed E-state index contributed by atoms with van der Waals surface area (Å²) in [5.41, 5.74) is -3.31. The van der Waals surface area contributed by atoms with Gasteiger partial charge in [-0.05, 0) is 51.3 Å². The molecule has 0 saturated carbocycles. The average molecular weight is 606 g/mol. The molecule has 0 radical (unpaired) electrons. The quantitative estimate of drug-likeness (QED) is 0.139. The normalized spacial score (nSPS) is 25.1. The second-order valence-electron chi connectivity index (χ2n) is 10.0. The highest BCUT2D eigenvalue weighted by molar-refractivity contribution is 6.04. The molecule has 3 rings (SSSR count). The number of hydrogen-bond donors (Lipinski definition) is 2. The Hall–Kier alpha value is -3.70. The molecule has 2 heterocycles. The molecule has 2 fully saturated rings. The van der Waals surface area contributed by atoms with E-state index in [9.17, 15) is 29.4 Å². The van der Waals surface area contributed by atoms with Crippen LogP contribution < -0.4 is 4.90 Å². The molecule has 1 aromatic carbocycles. The Labute approximate surface area is 250 Å². The third-order valence-corrected chi connectivity index (χ3v) is 7.25. The molecule has 0 aromatic heterocycles. The number of carbonyl (C=O) groups is 4. The summed E-state index contributed by atoms with van der Waals surface area (Å²) in [5.74, 6) is -1.13. The number of ether oxygens (including phenoxy) is 6. The molecule has 2 aliphatic heterocycles. The summed E-state index contributed by atoms with van der Waals surface area (Å²) in [4.78, 5) is 53.0. The van der Waals surface area contributed by atoms with Gasteiger partial charge in [-0.25, -0.2) is 14.4 Å². The minimum Gasteiger partial charge on any atom is -0.464 e. The van der Waals surface area contributed by atoms with Crippen LogP contribution in [0, 0.1) is 12.3 Å². The van der Waals surface area contributed by atoms with Crippen molar-refractivity contribution in [3.63, 3.8) is 0 Å². The predicted molar refractivity (Wildman–Crippen MR) is 149 cm³/mol. The number of aliphatic hydroxyl groups excluding tert-OH is 2. The summed E-state index contributed by atoms with van der Waals surface area (Å²) in [6, 6.07) is 6.45. The Balaban J connectivity index is 1.94. The van der Waals surface area contributed by atoms with Crippen LogP contribution >= 0.6 is 0 Å². The van der Waals surface area contributed by atoms with Crippen molar-refractivity contribution in [3.05, 3.63) is 29.8 Å². The lowest BCUT2D eigenvalue weighted by atomic mass is 9.91. The van der Waals surface area contributed by atoms with Gasteiger partial charge in [-0.2, -0.15) is 0 Å². The standard InChI is InChI=1S/C30H39NO12/c1-6-29(43-19(5)32)23(42-26(35)24(29)33)18-41-30(27(36)39-8-3,28(37)40-9-4)17-20-12-14-21(15-13-20)31-16-10-11-22(31)25(34)38-7-2/h1,12-15,22-24,26,33,35H,7-11,16-18H2,2-5H3/t22-,23+,24-,26?,29+/m0/s1. The van der Waals surface area contributed by atoms with E-state index in [2.05, 4.69) is 5.92 Å². The van der Waals surface area contributed by atoms with E-state index in [4.69, 9.17) is 34.8 Å². The van der Waals surface area contributed by atoms with Crippen LogP contribution in [0.15, 0.2) is 24.3 Å². The molecule has 2 N–H and O–H groups in total. The highest BCUT2D eigenvalue weighted by atomic mass is 16.7. The first-order valence-electron chi connectivity index (χ1n) is 14.2. The molecule has 1 aromatic rings. The number of benzene rings is 1. The van der Waals surface area contributed by atoms with Crippen molar-refractivity contribution in [2.75, 3.05) is 37.9 Å². The highest BCUT2D eigenvalue weighted by Gasteiger charge is 2.60. The number of nitrogens with zero attached hydrogens (tertiary/aromatic N) is 1. The van der Waals surface area contributed by atoms with Gasteiger partial charge in [0, 0.05) is 25.6 Å². The summed E-state index contributed by atoms with van der Waals surface area (Å²) in [6.07, 6.45) is 1.55. The lowest BCUT2D eigenvalue weighted by Gasteiger charge is -2.34. The van der Waals surface area contributed by atoms with Gasteiger partial charge in [0.05, 0.1) is 26.4 Å². The third kappa shape index (κ3) is 7.10. The summed E-state index contributed by atoms with van der Waals surface area (Å²) in [7, 11) is 0. The van der Waals surface area contributed by atoms with Gasteiger partial charge in [0.2, 0.25) is 5.60 Å². The van der Waals surface area contributed by atoms with Crippen molar-refractivity contribution in [1.82, 2.24) is 0 Å². The maximum Gasteiger partial charge on any atom is 0.350 e. The zero-order chi connectivity index (χ0) is 31.8. The maximum absolute atomic E-state index is 13.4. The molecule has 2 saturated heterocycles. The van der Waals surface area contributed by atoms with E-state index in [1.54, 1.807) is 45.0 Å². The number of esters is 4. The van der Waals surface area contributed by atoms with Crippen LogP contribution in [0.3, 0.4) is 0 Å². The fourth-order valence-electron chi connectivity index (χ4n) is 5.24. The SMILES string of the molecule is C#C[C@@]1(OC(C)=O)[C@@H](COC(Cc2ccc(N3CCC[C@H]3C(=O)OCC)cc2)(C(=O)OCC)C(=O)OCC)OC(O)[C@@H]1O. The molecule has 0 spiro atoms. The second-order valence-corrected chi connectivity index (χ2v) is 10.0. The van der Waals surface area contributed by atoms with E-state index in [1.807, 2.05) is 4.90 Å². The average Bonchev–Trinajstić information content (AvgIpc) is 3.55. The molecule has 2 aliphatic rings. The Morgan fingerprint density at radius 2 is 1.65 bits per heavy atom. The fourth-order valence-corrected chi connectivity index (χ4v) is 5.24. The van der Waals surface area contributed by atoms with Crippen molar-refractivity contribution in [2.24, 2.45) is 0 Å². The van der Waals surface area contributed by atoms with Crippen LogP contribution in [0.1, 0.15) is 46.1 Å². The number of anilines is 1. The van der Waals surface area contributed by atoms with E-state index in [0.717, 1.165) is 19.0 Å². The van der Waals surface area contributed by atoms with Crippen molar-refractivity contribution in [3.8, 4) is 12.3 Å². The minimum atomic E-state index is -2.37. The first-order valence-corrected chi connectivity index (χ1v) is 14.2. The molecular weight excluding hydrogens is 566 g/mol. The zero-order valence-corrected chi connectivity index (χ0v) is 24.8. The molecule has 236 valence electrons. The smallest absolute Gasteiger partial charge is 0.350 e. The number of carbonyl (C=O) groups excluding carboxylic acids is 4. The first kappa shape index (κ1) is 33.8. The van der Waals surface area contributed by atoms with Crippen LogP contribution in [0.2, 0.25) is 0 Å². The molecule has 13 heteroatoms. The lowest BCUT2D eigenvalue weighted by Crippen LogP contribution is -2.57. The van der Waals surface area contributed by atoms with E-state index < -0.39 is 60.3 Å². The highest BCUT2D eigenvalue weighted by Crippen LogP contribution is 2.36. The molecule has 5 atom stereocenters. The van der Waals surface area contributed by atoms with Crippen molar-refractivity contribution < 1.29 is 57.8 Å². The topological polar surface area (TPSA) is 167 Å². The fraction of sp³-hybridized carbons (Fsp3) is 0.600. The Morgan fingerprint density at radius 1 is 1.05 bits per heavy atom. The molecule has 0 amide bonds. The van der Waals surface area contributed by atoms with Gasteiger partial charge in [0.25, 0.3) is 5.60 Å². The van der Waals surface area contributed by atoms with Gasteiger partial charge >= 0.3 is 23.9 Å². The molecular formula is C30H39NO12. The van der Waals surface area contributed by atoms with Crippen LogP contribution in [0.5, 0.6) is 0 Å².